The van der Waals surface area contributed by atoms with E-state index < -0.39 is 0 Å². The van der Waals surface area contributed by atoms with E-state index in [2.05, 4.69) is 9.88 Å². The summed E-state index contributed by atoms with van der Waals surface area (Å²) in [5.74, 6) is 0.259. The molecule has 0 radical (unpaired) electrons. The van der Waals surface area contributed by atoms with E-state index in [1.807, 2.05) is 49.8 Å². The van der Waals surface area contributed by atoms with Crippen molar-refractivity contribution in [2.75, 3.05) is 38.1 Å². The van der Waals surface area contributed by atoms with Gasteiger partial charge in [0.25, 0.3) is 0 Å². The Hall–Kier alpha value is -1.95. The number of amides is 2. The Morgan fingerprint density at radius 2 is 2.04 bits per heavy atom. The number of likely N-dealkylation sites (tertiary alicyclic amines) is 1. The van der Waals surface area contributed by atoms with Crippen molar-refractivity contribution in [3.05, 3.63) is 24.5 Å². The van der Waals surface area contributed by atoms with E-state index in [-0.39, 0.29) is 22.8 Å². The number of aromatic nitrogens is 1. The Morgan fingerprint density at radius 3 is 2.67 bits per heavy atom. The number of carbonyl (C=O) groups is 2. The van der Waals surface area contributed by atoms with Gasteiger partial charge in [-0.2, -0.15) is 0 Å². The first-order chi connectivity index (χ1) is 11.2. The first-order valence-electron chi connectivity index (χ1n) is 8.44. The largest absolute Gasteiger partial charge is 0.340 e. The normalized spacial score (nSPS) is 25.6. The third-order valence-corrected chi connectivity index (χ3v) is 5.15. The second-order valence-electron chi connectivity index (χ2n) is 8.00. The zero-order chi connectivity index (χ0) is 17.5. The highest BCUT2D eigenvalue weighted by molar-refractivity contribution is 5.96. The molecule has 0 aliphatic carbocycles. The topological polar surface area (TPSA) is 56.8 Å². The van der Waals surface area contributed by atoms with Gasteiger partial charge in [-0.15, -0.1) is 0 Å². The highest BCUT2D eigenvalue weighted by Crippen LogP contribution is 2.34. The van der Waals surface area contributed by atoms with E-state index in [0.29, 0.717) is 19.6 Å². The maximum absolute atomic E-state index is 12.6. The van der Waals surface area contributed by atoms with Crippen LogP contribution in [0.25, 0.3) is 0 Å². The summed E-state index contributed by atoms with van der Waals surface area (Å²) in [5, 5.41) is 0. The minimum absolute atomic E-state index is 0.0803. The molecular formula is C18H26N4O2. The molecule has 3 rings (SSSR count). The molecule has 0 bridgehead atoms. The molecule has 6 nitrogen and oxygen atoms in total. The quantitative estimate of drug-likeness (QED) is 0.780. The number of likely N-dealkylation sites (N-methyl/N-ethyl adjacent to an activating group) is 1. The molecule has 2 saturated heterocycles. The first kappa shape index (κ1) is 16.9. The summed E-state index contributed by atoms with van der Waals surface area (Å²) in [5.41, 5.74) is 0.276. The summed E-state index contributed by atoms with van der Waals surface area (Å²) in [6.07, 6.45) is 4.32. The van der Waals surface area contributed by atoms with Crippen LogP contribution in [0.1, 0.15) is 27.2 Å². The number of hydrogen-bond donors (Lipinski definition) is 0. The predicted octanol–water partition coefficient (Wildman–Crippen LogP) is 1.38. The SMILES string of the molecule is CN1CC(=O)N(c2cccnc2)CC12CCN(C(=O)C(C)(C)C)C2. The molecule has 130 valence electrons. The molecule has 0 N–H and O–H groups in total. The van der Waals surface area contributed by atoms with Crippen LogP contribution in [0.5, 0.6) is 0 Å². The van der Waals surface area contributed by atoms with Gasteiger partial charge in [0, 0.05) is 31.2 Å². The molecule has 0 aromatic carbocycles. The fraction of sp³-hybridized carbons (Fsp3) is 0.611. The van der Waals surface area contributed by atoms with Crippen LogP contribution in [0, 0.1) is 5.41 Å². The fourth-order valence-corrected chi connectivity index (χ4v) is 3.65. The lowest BCUT2D eigenvalue weighted by Crippen LogP contribution is -2.64. The van der Waals surface area contributed by atoms with Gasteiger partial charge >= 0.3 is 0 Å². The van der Waals surface area contributed by atoms with Gasteiger partial charge in [0.05, 0.1) is 24.0 Å². The van der Waals surface area contributed by atoms with E-state index >= 15 is 0 Å². The van der Waals surface area contributed by atoms with Gasteiger partial charge in [-0.25, -0.2) is 0 Å². The molecule has 1 spiro atoms. The lowest BCUT2D eigenvalue weighted by Gasteiger charge is -2.46. The third kappa shape index (κ3) is 2.90. The lowest BCUT2D eigenvalue weighted by atomic mass is 9.92. The van der Waals surface area contributed by atoms with Crippen molar-refractivity contribution >= 4 is 17.5 Å². The molecule has 2 aliphatic heterocycles. The summed E-state index contributed by atoms with van der Waals surface area (Å²) in [6, 6.07) is 3.76. The molecule has 1 aromatic rings. The number of hydrogen-bond acceptors (Lipinski definition) is 4. The second kappa shape index (κ2) is 5.84. The van der Waals surface area contributed by atoms with Gasteiger partial charge in [0.2, 0.25) is 11.8 Å². The second-order valence-corrected chi connectivity index (χ2v) is 8.00. The minimum atomic E-state index is -0.377. The van der Waals surface area contributed by atoms with E-state index in [4.69, 9.17) is 0 Å². The van der Waals surface area contributed by atoms with Gasteiger partial charge < -0.3 is 9.80 Å². The van der Waals surface area contributed by atoms with Gasteiger partial charge in [-0.3, -0.25) is 19.5 Å². The van der Waals surface area contributed by atoms with Gasteiger partial charge in [-0.05, 0) is 25.6 Å². The zero-order valence-corrected chi connectivity index (χ0v) is 15.0. The lowest BCUT2D eigenvalue weighted by molar-refractivity contribution is -0.139. The molecule has 1 aromatic heterocycles. The molecule has 0 saturated carbocycles. The van der Waals surface area contributed by atoms with Crippen LogP contribution in [-0.4, -0.2) is 65.4 Å². The van der Waals surface area contributed by atoms with Crippen molar-refractivity contribution in [1.29, 1.82) is 0 Å². The van der Waals surface area contributed by atoms with Crippen LogP contribution >= 0.6 is 0 Å². The maximum Gasteiger partial charge on any atom is 0.241 e. The van der Waals surface area contributed by atoms with Crippen LogP contribution in [0.2, 0.25) is 0 Å². The summed E-state index contributed by atoms with van der Waals surface area (Å²) in [6.45, 7) is 8.25. The Bertz CT molecular complexity index is 640. The van der Waals surface area contributed by atoms with Crippen molar-refractivity contribution in [3.63, 3.8) is 0 Å². The Morgan fingerprint density at radius 1 is 1.29 bits per heavy atom. The summed E-state index contributed by atoms with van der Waals surface area (Å²) >= 11 is 0. The smallest absolute Gasteiger partial charge is 0.241 e. The molecule has 2 aliphatic rings. The van der Waals surface area contributed by atoms with Gasteiger partial charge in [-0.1, -0.05) is 20.8 Å². The fourth-order valence-electron chi connectivity index (χ4n) is 3.65. The number of nitrogens with zero attached hydrogens (tertiary/aromatic N) is 4. The Kier molecular flexibility index (Phi) is 4.11. The first-order valence-corrected chi connectivity index (χ1v) is 8.44. The molecule has 6 heteroatoms. The van der Waals surface area contributed by atoms with E-state index in [0.717, 1.165) is 18.7 Å². The summed E-state index contributed by atoms with van der Waals surface area (Å²) < 4.78 is 0. The van der Waals surface area contributed by atoms with Gasteiger partial charge in [0.1, 0.15) is 0 Å². The van der Waals surface area contributed by atoms with E-state index in [1.165, 1.54) is 0 Å². The van der Waals surface area contributed by atoms with Crippen LogP contribution in [-0.2, 0) is 9.59 Å². The standard InChI is InChI=1S/C18H26N4O2/c1-17(2,3)16(24)21-9-7-18(12-21)13-22(15(23)11-20(18)4)14-6-5-8-19-10-14/h5-6,8,10H,7,9,11-13H2,1-4H3. The third-order valence-electron chi connectivity index (χ3n) is 5.15. The summed E-state index contributed by atoms with van der Waals surface area (Å²) in [7, 11) is 1.99. The van der Waals surface area contributed by atoms with Crippen LogP contribution in [0.3, 0.4) is 0 Å². The van der Waals surface area contributed by atoms with Crippen LogP contribution in [0.4, 0.5) is 5.69 Å². The number of carbonyl (C=O) groups excluding carboxylic acids is 2. The van der Waals surface area contributed by atoms with E-state index in [9.17, 15) is 9.59 Å². The molecule has 1 atom stereocenters. The average molecular weight is 330 g/mol. The molecule has 2 fully saturated rings. The van der Waals surface area contributed by atoms with Gasteiger partial charge in [0.15, 0.2) is 0 Å². The minimum Gasteiger partial charge on any atom is -0.340 e. The van der Waals surface area contributed by atoms with Crippen molar-refractivity contribution < 1.29 is 9.59 Å². The van der Waals surface area contributed by atoms with Crippen molar-refractivity contribution in [1.82, 2.24) is 14.8 Å². The number of anilines is 1. The van der Waals surface area contributed by atoms with E-state index in [1.54, 1.807) is 12.4 Å². The molecule has 1 unspecified atom stereocenters. The number of rotatable bonds is 1. The van der Waals surface area contributed by atoms with Crippen molar-refractivity contribution in [2.45, 2.75) is 32.7 Å². The maximum atomic E-state index is 12.6. The molecule has 2 amide bonds. The monoisotopic (exact) mass is 330 g/mol. The highest BCUT2D eigenvalue weighted by Gasteiger charge is 2.49. The number of pyridine rings is 1. The zero-order valence-electron chi connectivity index (χ0n) is 15.0. The van der Waals surface area contributed by atoms with Crippen molar-refractivity contribution in [2.24, 2.45) is 5.41 Å². The van der Waals surface area contributed by atoms with Crippen LogP contribution < -0.4 is 4.90 Å². The average Bonchev–Trinajstić information content (AvgIpc) is 2.95. The summed E-state index contributed by atoms with van der Waals surface area (Å²) in [4.78, 5) is 35.2. The Labute approximate surface area is 143 Å². The van der Waals surface area contributed by atoms with Crippen molar-refractivity contribution in [3.8, 4) is 0 Å². The predicted molar refractivity (Wildman–Crippen MR) is 92.6 cm³/mol. The molecule has 24 heavy (non-hydrogen) atoms. The highest BCUT2D eigenvalue weighted by atomic mass is 16.2. The molecular weight excluding hydrogens is 304 g/mol. The Balaban J connectivity index is 1.83. The molecule has 3 heterocycles. The van der Waals surface area contributed by atoms with Crippen LogP contribution in [0.15, 0.2) is 24.5 Å². The number of piperazine rings is 1.